The minimum atomic E-state index is -4.06. The van der Waals surface area contributed by atoms with Crippen LogP contribution in [0.15, 0.2) is 70.7 Å². The van der Waals surface area contributed by atoms with E-state index >= 15 is 0 Å². The monoisotopic (exact) mass is 442 g/mol. The van der Waals surface area contributed by atoms with Crippen molar-refractivity contribution in [1.82, 2.24) is 0 Å². The van der Waals surface area contributed by atoms with Gasteiger partial charge in [0.05, 0.1) is 21.7 Å². The zero-order valence-corrected chi connectivity index (χ0v) is 17.5. The Kier molecular flexibility index (Phi) is 6.30. The van der Waals surface area contributed by atoms with Gasteiger partial charge in [-0.1, -0.05) is 35.9 Å². The van der Waals surface area contributed by atoms with Gasteiger partial charge in [0.25, 0.3) is 15.7 Å². The molecule has 0 aliphatic rings. The number of nitro benzene ring substituents is 1. The highest BCUT2D eigenvalue weighted by molar-refractivity contribution is 7.92. The Morgan fingerprint density at radius 2 is 1.74 bits per heavy atom. The molecule has 0 saturated heterocycles. The van der Waals surface area contributed by atoms with Crippen molar-refractivity contribution < 1.29 is 17.7 Å². The molecule has 0 atom stereocenters. The van der Waals surface area contributed by atoms with Crippen molar-refractivity contribution >= 4 is 33.3 Å². The summed E-state index contributed by atoms with van der Waals surface area (Å²) < 4.78 is 41.6. The molecule has 0 fully saturated rings. The fourth-order valence-electron chi connectivity index (χ4n) is 2.81. The van der Waals surface area contributed by atoms with Gasteiger partial charge in [-0.3, -0.25) is 20.3 Å². The summed E-state index contributed by atoms with van der Waals surface area (Å²) in [5.41, 5.74) is 4.19. The van der Waals surface area contributed by atoms with Crippen LogP contribution in [-0.4, -0.2) is 19.6 Å². The molecule has 0 aliphatic carbocycles. The Labute approximate surface area is 178 Å². The number of anilines is 2. The van der Waals surface area contributed by atoms with Crippen LogP contribution >= 0.6 is 0 Å². The number of halogens is 1. The number of nitro groups is 1. The molecule has 0 saturated carbocycles. The number of nitrogens with one attached hydrogen (secondary N) is 2. The van der Waals surface area contributed by atoms with Crippen LogP contribution in [0.4, 0.5) is 21.5 Å². The fourth-order valence-corrected chi connectivity index (χ4v) is 3.96. The van der Waals surface area contributed by atoms with E-state index in [9.17, 15) is 22.9 Å². The number of hydrazone groups is 1. The van der Waals surface area contributed by atoms with Gasteiger partial charge in [0, 0.05) is 11.6 Å². The summed E-state index contributed by atoms with van der Waals surface area (Å²) in [6.07, 6.45) is 1.17. The summed E-state index contributed by atoms with van der Waals surface area (Å²) in [6.45, 7) is 3.64. The SMILES string of the molecule is Cc1ccc(NS(=O)(=O)c2ccc(N/N=C/c3ccccc3F)c([N+](=O)[O-])c2)c(C)c1. The van der Waals surface area contributed by atoms with E-state index in [0.717, 1.165) is 17.2 Å². The second-order valence-electron chi connectivity index (χ2n) is 6.75. The smallest absolute Gasteiger partial charge is 0.279 e. The number of nitrogens with zero attached hydrogens (tertiary/aromatic N) is 2. The van der Waals surface area contributed by atoms with Gasteiger partial charge in [-0.2, -0.15) is 5.10 Å². The van der Waals surface area contributed by atoms with Crippen LogP contribution in [-0.2, 0) is 10.0 Å². The molecule has 3 aromatic carbocycles. The number of rotatable bonds is 7. The van der Waals surface area contributed by atoms with Crippen LogP contribution in [0.1, 0.15) is 16.7 Å². The van der Waals surface area contributed by atoms with E-state index in [2.05, 4.69) is 15.2 Å². The van der Waals surface area contributed by atoms with Crippen LogP contribution in [0, 0.1) is 29.8 Å². The summed E-state index contributed by atoms with van der Waals surface area (Å²) in [5, 5.41) is 15.3. The average Bonchev–Trinajstić information content (AvgIpc) is 2.71. The summed E-state index contributed by atoms with van der Waals surface area (Å²) in [7, 11) is -4.06. The van der Waals surface area contributed by atoms with Crippen LogP contribution in [0.5, 0.6) is 0 Å². The molecule has 0 heterocycles. The van der Waals surface area contributed by atoms with E-state index in [1.807, 2.05) is 13.0 Å². The van der Waals surface area contributed by atoms with Crippen molar-refractivity contribution in [3.8, 4) is 0 Å². The van der Waals surface area contributed by atoms with Gasteiger partial charge in [-0.25, -0.2) is 12.8 Å². The first-order valence-electron chi connectivity index (χ1n) is 9.09. The molecule has 2 N–H and O–H groups in total. The van der Waals surface area contributed by atoms with Gasteiger partial charge in [0.15, 0.2) is 0 Å². The molecule has 0 aromatic heterocycles. The highest BCUT2D eigenvalue weighted by Crippen LogP contribution is 2.29. The number of benzene rings is 3. The summed E-state index contributed by atoms with van der Waals surface area (Å²) >= 11 is 0. The minimum Gasteiger partial charge on any atom is -0.279 e. The van der Waals surface area contributed by atoms with Crippen molar-refractivity contribution in [2.75, 3.05) is 10.1 Å². The van der Waals surface area contributed by atoms with Crippen molar-refractivity contribution in [3.63, 3.8) is 0 Å². The average molecular weight is 442 g/mol. The second-order valence-corrected chi connectivity index (χ2v) is 8.43. The van der Waals surface area contributed by atoms with Crippen LogP contribution in [0.3, 0.4) is 0 Å². The van der Waals surface area contributed by atoms with Gasteiger partial charge >= 0.3 is 0 Å². The van der Waals surface area contributed by atoms with E-state index in [1.54, 1.807) is 25.1 Å². The van der Waals surface area contributed by atoms with Crippen molar-refractivity contribution in [2.24, 2.45) is 5.10 Å². The zero-order valence-electron chi connectivity index (χ0n) is 16.7. The lowest BCUT2D eigenvalue weighted by Crippen LogP contribution is -2.14. The number of sulfonamides is 1. The second kappa shape index (κ2) is 8.92. The van der Waals surface area contributed by atoms with Gasteiger partial charge < -0.3 is 0 Å². The van der Waals surface area contributed by atoms with Gasteiger partial charge in [-0.05, 0) is 43.7 Å². The quantitative estimate of drug-likeness (QED) is 0.315. The highest BCUT2D eigenvalue weighted by Gasteiger charge is 2.22. The summed E-state index contributed by atoms with van der Waals surface area (Å²) in [6, 6.07) is 14.5. The molecule has 0 bridgehead atoms. The summed E-state index contributed by atoms with van der Waals surface area (Å²) in [5.74, 6) is -0.499. The molecular formula is C21H19FN4O4S. The first kappa shape index (κ1) is 21.9. The molecule has 0 spiro atoms. The van der Waals surface area contributed by atoms with E-state index in [0.29, 0.717) is 5.69 Å². The number of hydrogen-bond acceptors (Lipinski definition) is 6. The number of hydrogen-bond donors (Lipinski definition) is 2. The Bertz CT molecular complexity index is 1280. The predicted octanol–water partition coefficient (Wildman–Crippen LogP) is 4.60. The number of aryl methyl sites for hydroxylation is 2. The maximum atomic E-state index is 13.6. The third kappa shape index (κ3) is 5.23. The molecule has 160 valence electrons. The maximum Gasteiger partial charge on any atom is 0.295 e. The molecule has 8 nitrogen and oxygen atoms in total. The van der Waals surface area contributed by atoms with Crippen molar-refractivity contribution in [3.05, 3.63) is 93.3 Å². The van der Waals surface area contributed by atoms with E-state index < -0.39 is 26.5 Å². The largest absolute Gasteiger partial charge is 0.295 e. The predicted molar refractivity (Wildman–Crippen MR) is 117 cm³/mol. The van der Waals surface area contributed by atoms with Crippen LogP contribution in [0.2, 0.25) is 0 Å². The fraction of sp³-hybridized carbons (Fsp3) is 0.0952. The normalized spacial score (nSPS) is 11.5. The third-order valence-electron chi connectivity index (χ3n) is 4.40. The standard InChI is InChI=1S/C21H19FN4O4S/c1-14-7-9-19(15(2)11-14)25-31(29,30)17-8-10-20(21(12-17)26(27)28)24-23-13-16-5-3-4-6-18(16)22/h3-13,24-25H,1-2H3/b23-13+. The molecule has 10 heteroatoms. The lowest BCUT2D eigenvalue weighted by Gasteiger charge is -2.12. The third-order valence-corrected chi connectivity index (χ3v) is 5.76. The topological polar surface area (TPSA) is 114 Å². The molecule has 0 unspecified atom stereocenters. The minimum absolute atomic E-state index is 0.0388. The summed E-state index contributed by atoms with van der Waals surface area (Å²) in [4.78, 5) is 10.5. The van der Waals surface area contributed by atoms with Crippen LogP contribution in [0.25, 0.3) is 0 Å². The van der Waals surface area contributed by atoms with E-state index in [-0.39, 0.29) is 16.1 Å². The molecule has 3 rings (SSSR count). The van der Waals surface area contributed by atoms with E-state index in [4.69, 9.17) is 0 Å². The molecule has 3 aromatic rings. The highest BCUT2D eigenvalue weighted by atomic mass is 32.2. The van der Waals surface area contributed by atoms with E-state index in [1.165, 1.54) is 36.5 Å². The van der Waals surface area contributed by atoms with Gasteiger partial charge in [0.2, 0.25) is 0 Å². The van der Waals surface area contributed by atoms with Crippen molar-refractivity contribution in [2.45, 2.75) is 18.7 Å². The molecule has 31 heavy (non-hydrogen) atoms. The molecule has 0 radical (unpaired) electrons. The Morgan fingerprint density at radius 1 is 1.03 bits per heavy atom. The van der Waals surface area contributed by atoms with Gasteiger partial charge in [-0.15, -0.1) is 0 Å². The lowest BCUT2D eigenvalue weighted by molar-refractivity contribution is -0.384. The molecule has 0 amide bonds. The molecule has 0 aliphatic heterocycles. The Morgan fingerprint density at radius 3 is 2.42 bits per heavy atom. The maximum absolute atomic E-state index is 13.6. The zero-order chi connectivity index (χ0) is 22.6. The lowest BCUT2D eigenvalue weighted by atomic mass is 10.1. The Hall–Kier alpha value is -3.79. The first-order valence-corrected chi connectivity index (χ1v) is 10.6. The first-order chi connectivity index (χ1) is 14.7. The van der Waals surface area contributed by atoms with Crippen LogP contribution < -0.4 is 10.1 Å². The molecular weight excluding hydrogens is 423 g/mol. The van der Waals surface area contributed by atoms with Gasteiger partial charge in [0.1, 0.15) is 11.5 Å². The van der Waals surface area contributed by atoms with Crippen molar-refractivity contribution in [1.29, 1.82) is 0 Å². The Balaban J connectivity index is 1.87.